The summed E-state index contributed by atoms with van der Waals surface area (Å²) in [6.45, 7) is 4.58. The van der Waals surface area contributed by atoms with Crippen molar-refractivity contribution >= 4 is 5.95 Å². The quantitative estimate of drug-likeness (QED) is 0.803. The molecule has 0 aliphatic carbocycles. The average Bonchev–Trinajstić information content (AvgIpc) is 2.49. The van der Waals surface area contributed by atoms with E-state index < -0.39 is 0 Å². The summed E-state index contributed by atoms with van der Waals surface area (Å²) in [6, 6.07) is 8.31. The smallest absolute Gasteiger partial charge is 0.219 e. The van der Waals surface area contributed by atoms with Crippen LogP contribution in [0.4, 0.5) is 5.95 Å². The zero-order valence-corrected chi connectivity index (χ0v) is 8.94. The zero-order chi connectivity index (χ0) is 10.8. The van der Waals surface area contributed by atoms with E-state index in [1.54, 1.807) is 4.68 Å². The molecule has 2 N–H and O–H groups in total. The number of hydrogen-bond donors (Lipinski definition) is 1. The first-order valence-electron chi connectivity index (χ1n) is 4.87. The monoisotopic (exact) mass is 202 g/mol. The minimum Gasteiger partial charge on any atom is -0.368 e. The normalized spacial score (nSPS) is 10.5. The van der Waals surface area contributed by atoms with Crippen LogP contribution in [0.5, 0.6) is 0 Å². The molecule has 2 rings (SSSR count). The van der Waals surface area contributed by atoms with Crippen molar-refractivity contribution in [2.75, 3.05) is 5.73 Å². The first kappa shape index (κ1) is 9.71. The minimum atomic E-state index is 0.466. The number of rotatable bonds is 2. The third-order valence-corrected chi connectivity index (χ3v) is 2.26. The highest BCUT2D eigenvalue weighted by molar-refractivity contribution is 5.24. The van der Waals surface area contributed by atoms with Crippen molar-refractivity contribution in [2.24, 2.45) is 0 Å². The Bertz CT molecular complexity index is 456. The van der Waals surface area contributed by atoms with E-state index in [1.807, 2.05) is 6.92 Å². The fourth-order valence-electron chi connectivity index (χ4n) is 1.45. The molecule has 0 radical (unpaired) electrons. The lowest BCUT2D eigenvalue weighted by atomic mass is 10.1. The predicted molar refractivity (Wildman–Crippen MR) is 59.5 cm³/mol. The van der Waals surface area contributed by atoms with Crippen molar-refractivity contribution in [1.29, 1.82) is 0 Å². The summed E-state index contributed by atoms with van der Waals surface area (Å²) in [4.78, 5) is 4.05. The van der Waals surface area contributed by atoms with E-state index in [4.69, 9.17) is 5.73 Å². The van der Waals surface area contributed by atoms with E-state index in [9.17, 15) is 0 Å². The van der Waals surface area contributed by atoms with Gasteiger partial charge in [0, 0.05) is 0 Å². The third kappa shape index (κ3) is 2.15. The molecule has 4 heteroatoms. The molecule has 0 unspecified atom stereocenters. The molecule has 0 atom stereocenters. The Morgan fingerprint density at radius 3 is 2.40 bits per heavy atom. The summed E-state index contributed by atoms with van der Waals surface area (Å²) in [6.07, 6.45) is 0. The highest BCUT2D eigenvalue weighted by Crippen LogP contribution is 2.07. The van der Waals surface area contributed by atoms with E-state index in [0.717, 1.165) is 0 Å². The molecule has 78 valence electrons. The largest absolute Gasteiger partial charge is 0.368 e. The molecule has 1 aromatic heterocycles. The van der Waals surface area contributed by atoms with Gasteiger partial charge in [-0.25, -0.2) is 4.68 Å². The molecule has 4 nitrogen and oxygen atoms in total. The molecule has 0 aliphatic rings. The Hall–Kier alpha value is -1.84. The van der Waals surface area contributed by atoms with Crippen LogP contribution in [0.2, 0.25) is 0 Å². The fraction of sp³-hybridized carbons (Fsp3) is 0.273. The van der Waals surface area contributed by atoms with Crippen LogP contribution >= 0.6 is 0 Å². The number of anilines is 1. The maximum Gasteiger partial charge on any atom is 0.219 e. The number of nitrogens with two attached hydrogens (primary N) is 1. The maximum atomic E-state index is 5.71. The van der Waals surface area contributed by atoms with Crippen molar-refractivity contribution in [3.05, 3.63) is 41.2 Å². The molecule has 0 fully saturated rings. The van der Waals surface area contributed by atoms with E-state index in [0.29, 0.717) is 18.3 Å². The van der Waals surface area contributed by atoms with Crippen molar-refractivity contribution in [2.45, 2.75) is 20.4 Å². The van der Waals surface area contributed by atoms with Crippen LogP contribution in [0.1, 0.15) is 17.0 Å². The molecular weight excluding hydrogens is 188 g/mol. The molecule has 1 heterocycles. The summed E-state index contributed by atoms with van der Waals surface area (Å²) in [5, 5.41) is 4.21. The van der Waals surface area contributed by atoms with Gasteiger partial charge in [-0.15, -0.1) is 0 Å². The maximum absolute atomic E-state index is 5.71. The number of aryl methyl sites for hydroxylation is 2. The Labute approximate surface area is 88.8 Å². The van der Waals surface area contributed by atoms with Crippen molar-refractivity contribution in [1.82, 2.24) is 14.8 Å². The van der Waals surface area contributed by atoms with Crippen molar-refractivity contribution < 1.29 is 0 Å². The lowest BCUT2D eigenvalue weighted by Crippen LogP contribution is -2.06. The van der Waals surface area contributed by atoms with Crippen LogP contribution in [0, 0.1) is 13.8 Å². The van der Waals surface area contributed by atoms with Gasteiger partial charge in [0.2, 0.25) is 5.95 Å². The minimum absolute atomic E-state index is 0.466. The lowest BCUT2D eigenvalue weighted by Gasteiger charge is -2.03. The average molecular weight is 202 g/mol. The number of aromatic nitrogens is 3. The van der Waals surface area contributed by atoms with Gasteiger partial charge in [-0.2, -0.15) is 10.1 Å². The van der Waals surface area contributed by atoms with Crippen LogP contribution in [0.15, 0.2) is 24.3 Å². The van der Waals surface area contributed by atoms with Crippen LogP contribution in [0.3, 0.4) is 0 Å². The van der Waals surface area contributed by atoms with E-state index in [2.05, 4.69) is 41.3 Å². The van der Waals surface area contributed by atoms with Crippen LogP contribution in [-0.2, 0) is 6.54 Å². The van der Waals surface area contributed by atoms with Gasteiger partial charge in [-0.05, 0) is 19.4 Å². The molecule has 15 heavy (non-hydrogen) atoms. The molecule has 0 amide bonds. The molecular formula is C11H14N4. The Morgan fingerprint density at radius 1 is 1.20 bits per heavy atom. The van der Waals surface area contributed by atoms with Crippen LogP contribution < -0.4 is 5.73 Å². The van der Waals surface area contributed by atoms with Gasteiger partial charge >= 0.3 is 0 Å². The Kier molecular flexibility index (Phi) is 2.41. The summed E-state index contributed by atoms with van der Waals surface area (Å²) in [5.41, 5.74) is 8.14. The zero-order valence-electron chi connectivity index (χ0n) is 8.94. The van der Waals surface area contributed by atoms with Gasteiger partial charge in [0.05, 0.1) is 6.54 Å². The second-order valence-corrected chi connectivity index (χ2v) is 3.66. The van der Waals surface area contributed by atoms with Gasteiger partial charge in [-0.1, -0.05) is 29.8 Å². The van der Waals surface area contributed by atoms with Crippen LogP contribution in [-0.4, -0.2) is 14.8 Å². The van der Waals surface area contributed by atoms with Crippen LogP contribution in [0.25, 0.3) is 0 Å². The second-order valence-electron chi connectivity index (χ2n) is 3.66. The van der Waals surface area contributed by atoms with Gasteiger partial charge in [0.25, 0.3) is 0 Å². The van der Waals surface area contributed by atoms with Crippen molar-refractivity contribution in [3.63, 3.8) is 0 Å². The van der Waals surface area contributed by atoms with E-state index in [-0.39, 0.29) is 0 Å². The molecule has 1 aromatic carbocycles. The van der Waals surface area contributed by atoms with Gasteiger partial charge < -0.3 is 5.73 Å². The summed E-state index contributed by atoms with van der Waals surface area (Å²) in [5.74, 6) is 1.17. The number of nitrogens with zero attached hydrogens (tertiary/aromatic N) is 3. The van der Waals surface area contributed by atoms with Gasteiger partial charge in [-0.3, -0.25) is 0 Å². The number of hydrogen-bond acceptors (Lipinski definition) is 3. The first-order chi connectivity index (χ1) is 7.15. The molecule has 0 saturated carbocycles. The molecule has 0 bridgehead atoms. The summed E-state index contributed by atoms with van der Waals surface area (Å²) < 4.78 is 1.71. The fourth-order valence-corrected chi connectivity index (χ4v) is 1.45. The van der Waals surface area contributed by atoms with E-state index >= 15 is 0 Å². The topological polar surface area (TPSA) is 56.7 Å². The highest BCUT2D eigenvalue weighted by Gasteiger charge is 2.03. The standard InChI is InChI=1S/C11H14N4/c1-8-3-5-10(6-4-8)7-15-11(12)13-9(2)14-15/h3-6H,7H2,1-2H3,(H2,12,13,14). The van der Waals surface area contributed by atoms with Gasteiger partial charge in [0.1, 0.15) is 5.82 Å². The third-order valence-electron chi connectivity index (χ3n) is 2.26. The highest BCUT2D eigenvalue weighted by atomic mass is 15.4. The first-order valence-corrected chi connectivity index (χ1v) is 4.87. The second kappa shape index (κ2) is 3.73. The summed E-state index contributed by atoms with van der Waals surface area (Å²) in [7, 11) is 0. The molecule has 0 saturated heterocycles. The lowest BCUT2D eigenvalue weighted by molar-refractivity contribution is 0.689. The van der Waals surface area contributed by atoms with Crippen molar-refractivity contribution in [3.8, 4) is 0 Å². The predicted octanol–water partition coefficient (Wildman–Crippen LogP) is 1.53. The number of nitrogen functional groups attached to an aromatic ring is 1. The Balaban J connectivity index is 2.21. The summed E-state index contributed by atoms with van der Waals surface area (Å²) >= 11 is 0. The van der Waals surface area contributed by atoms with E-state index in [1.165, 1.54) is 11.1 Å². The number of benzene rings is 1. The molecule has 0 aliphatic heterocycles. The molecule has 0 spiro atoms. The Morgan fingerprint density at radius 2 is 1.87 bits per heavy atom. The molecule has 2 aromatic rings. The van der Waals surface area contributed by atoms with Gasteiger partial charge in [0.15, 0.2) is 0 Å². The SMILES string of the molecule is Cc1ccc(Cn2nc(C)nc2N)cc1.